The number of hydrogen-bond acceptors (Lipinski definition) is 4. The molecule has 0 bridgehead atoms. The summed E-state index contributed by atoms with van der Waals surface area (Å²) in [6.07, 6.45) is -3.93. The molecule has 1 fully saturated rings. The summed E-state index contributed by atoms with van der Waals surface area (Å²) in [5.74, 6) is -1.05. The highest BCUT2D eigenvalue weighted by molar-refractivity contribution is 5.72. The van der Waals surface area contributed by atoms with Gasteiger partial charge < -0.3 is 20.7 Å². The molecule has 8 heteroatoms. The van der Waals surface area contributed by atoms with Crippen LogP contribution in [0, 0.1) is 5.82 Å². The Morgan fingerprint density at radius 3 is 2.79 bits per heavy atom. The molecule has 3 aliphatic heterocycles. The summed E-state index contributed by atoms with van der Waals surface area (Å²) < 4.78 is 60.8. The molecule has 2 aromatic rings. The van der Waals surface area contributed by atoms with Crippen LogP contribution in [-0.4, -0.2) is 25.7 Å². The number of nitrogen functional groups attached to an aromatic ring is 1. The molecule has 0 amide bonds. The van der Waals surface area contributed by atoms with Crippen LogP contribution in [0.4, 0.5) is 28.9 Å². The molecule has 0 radical (unpaired) electrons. The second-order valence-electron chi connectivity index (χ2n) is 7.93. The van der Waals surface area contributed by atoms with Crippen LogP contribution in [0.2, 0.25) is 0 Å². The first-order valence-electron chi connectivity index (χ1n) is 9.71. The zero-order valence-corrected chi connectivity index (χ0v) is 15.6. The third-order valence-electron chi connectivity index (χ3n) is 6.26. The molecule has 29 heavy (non-hydrogen) atoms. The van der Waals surface area contributed by atoms with Crippen LogP contribution in [0.25, 0.3) is 0 Å². The predicted molar refractivity (Wildman–Crippen MR) is 101 cm³/mol. The summed E-state index contributed by atoms with van der Waals surface area (Å²) in [6, 6.07) is 6.72. The molecular weight excluding hydrogens is 386 g/mol. The van der Waals surface area contributed by atoms with Gasteiger partial charge in [0.05, 0.1) is 24.8 Å². The van der Waals surface area contributed by atoms with Gasteiger partial charge in [-0.1, -0.05) is 12.1 Å². The number of nitrogens with two attached hydrogens (primary N) is 1. The summed E-state index contributed by atoms with van der Waals surface area (Å²) in [7, 11) is 0. The second-order valence-corrected chi connectivity index (χ2v) is 7.93. The lowest BCUT2D eigenvalue weighted by Gasteiger charge is -2.39. The van der Waals surface area contributed by atoms with Gasteiger partial charge in [0.15, 0.2) is 0 Å². The van der Waals surface area contributed by atoms with E-state index in [1.54, 1.807) is 0 Å². The number of alkyl halides is 3. The molecule has 4 nitrogen and oxygen atoms in total. The van der Waals surface area contributed by atoms with Crippen LogP contribution in [0.15, 0.2) is 30.3 Å². The molecule has 3 unspecified atom stereocenters. The van der Waals surface area contributed by atoms with Crippen molar-refractivity contribution >= 4 is 11.4 Å². The average molecular weight is 407 g/mol. The molecule has 154 valence electrons. The van der Waals surface area contributed by atoms with Crippen LogP contribution < -0.4 is 16.0 Å². The lowest BCUT2D eigenvalue weighted by atomic mass is 9.89. The molecule has 3 heterocycles. The van der Waals surface area contributed by atoms with Crippen molar-refractivity contribution < 1.29 is 22.3 Å². The molecule has 1 saturated heterocycles. The monoisotopic (exact) mass is 407 g/mol. The number of anilines is 2. The zero-order valence-electron chi connectivity index (χ0n) is 15.6. The summed E-state index contributed by atoms with van der Waals surface area (Å²) in [5, 5.41) is 3.39. The van der Waals surface area contributed by atoms with E-state index in [1.807, 2.05) is 12.1 Å². The largest absolute Gasteiger partial charge is 0.419 e. The Bertz CT molecular complexity index is 962. The lowest BCUT2D eigenvalue weighted by Crippen LogP contribution is -2.46. The number of halogens is 4. The van der Waals surface area contributed by atoms with Crippen molar-refractivity contribution in [3.63, 3.8) is 0 Å². The van der Waals surface area contributed by atoms with Crippen molar-refractivity contribution in [1.29, 1.82) is 0 Å². The number of piperidine rings is 1. The number of hydrogen-bond donors (Lipinski definition) is 2. The predicted octanol–water partition coefficient (Wildman–Crippen LogP) is 3.96. The molecular formula is C21H21F4N3O. The van der Waals surface area contributed by atoms with Gasteiger partial charge in [0.2, 0.25) is 0 Å². The summed E-state index contributed by atoms with van der Waals surface area (Å²) >= 11 is 0. The van der Waals surface area contributed by atoms with Crippen LogP contribution >= 0.6 is 0 Å². The Labute approximate surface area is 165 Å². The third-order valence-corrected chi connectivity index (χ3v) is 6.26. The van der Waals surface area contributed by atoms with Crippen LogP contribution in [0.3, 0.4) is 0 Å². The number of fused-ring (bicyclic) bond motifs is 3. The van der Waals surface area contributed by atoms with Crippen molar-refractivity contribution in [2.75, 3.05) is 30.3 Å². The molecule has 2 aromatic carbocycles. The quantitative estimate of drug-likeness (QED) is 0.555. The molecule has 0 aliphatic carbocycles. The van der Waals surface area contributed by atoms with Gasteiger partial charge in [-0.25, -0.2) is 4.39 Å². The Morgan fingerprint density at radius 1 is 1.17 bits per heavy atom. The van der Waals surface area contributed by atoms with E-state index in [0.717, 1.165) is 42.4 Å². The number of ether oxygens (including phenoxy) is 1. The van der Waals surface area contributed by atoms with E-state index in [-0.39, 0.29) is 24.1 Å². The number of benzene rings is 2. The first-order valence-corrected chi connectivity index (χ1v) is 9.71. The van der Waals surface area contributed by atoms with E-state index in [2.05, 4.69) is 10.2 Å². The Hall–Kier alpha value is -2.32. The highest BCUT2D eigenvalue weighted by Crippen LogP contribution is 2.51. The van der Waals surface area contributed by atoms with Gasteiger partial charge in [-0.15, -0.1) is 0 Å². The highest BCUT2D eigenvalue weighted by Gasteiger charge is 2.46. The van der Waals surface area contributed by atoms with Crippen molar-refractivity contribution in [3.05, 3.63) is 58.4 Å². The zero-order chi connectivity index (χ0) is 20.3. The Balaban J connectivity index is 1.68. The van der Waals surface area contributed by atoms with Crippen molar-refractivity contribution in [2.45, 2.75) is 37.2 Å². The van der Waals surface area contributed by atoms with E-state index in [0.29, 0.717) is 12.3 Å². The van der Waals surface area contributed by atoms with Gasteiger partial charge in [-0.2, -0.15) is 13.2 Å². The first-order chi connectivity index (χ1) is 13.9. The minimum absolute atomic E-state index is 0.0228. The van der Waals surface area contributed by atoms with Crippen LogP contribution in [0.5, 0.6) is 0 Å². The average Bonchev–Trinajstić information content (AvgIpc) is 2.86. The molecule has 0 saturated carbocycles. The fourth-order valence-corrected chi connectivity index (χ4v) is 5.13. The van der Waals surface area contributed by atoms with Crippen molar-refractivity contribution in [1.82, 2.24) is 5.32 Å². The highest BCUT2D eigenvalue weighted by atomic mass is 19.4. The number of rotatable bonds is 1. The maximum atomic E-state index is 15.0. The van der Waals surface area contributed by atoms with Gasteiger partial charge >= 0.3 is 6.18 Å². The minimum Gasteiger partial charge on any atom is -0.399 e. The van der Waals surface area contributed by atoms with Gasteiger partial charge in [0, 0.05) is 41.0 Å². The molecule has 3 atom stereocenters. The minimum atomic E-state index is -4.74. The SMILES string of the molecule is Nc1cc2c3c(c1)C1CNCCC1N3C(c1cccc(C(F)(F)F)c1F)COC2. The van der Waals surface area contributed by atoms with Crippen molar-refractivity contribution in [2.24, 2.45) is 0 Å². The topological polar surface area (TPSA) is 50.5 Å². The number of nitrogens with zero attached hydrogens (tertiary/aromatic N) is 1. The summed E-state index contributed by atoms with van der Waals surface area (Å²) in [5.41, 5.74) is 8.45. The normalized spacial score (nSPS) is 26.1. The second kappa shape index (κ2) is 6.60. The first kappa shape index (κ1) is 18.7. The maximum Gasteiger partial charge on any atom is 0.419 e. The van der Waals surface area contributed by atoms with Crippen molar-refractivity contribution in [3.8, 4) is 0 Å². The van der Waals surface area contributed by atoms with Gasteiger partial charge in [-0.05, 0) is 36.7 Å². The van der Waals surface area contributed by atoms with E-state index in [1.165, 1.54) is 12.1 Å². The fourth-order valence-electron chi connectivity index (χ4n) is 5.13. The van der Waals surface area contributed by atoms with Gasteiger partial charge in [0.1, 0.15) is 5.82 Å². The van der Waals surface area contributed by atoms with E-state index in [9.17, 15) is 13.2 Å². The smallest absolute Gasteiger partial charge is 0.399 e. The summed E-state index contributed by atoms with van der Waals surface area (Å²) in [6.45, 7) is 1.97. The number of nitrogens with one attached hydrogen (secondary N) is 1. The Morgan fingerprint density at radius 2 is 2.00 bits per heavy atom. The molecule has 3 N–H and O–H groups in total. The maximum absolute atomic E-state index is 15.0. The molecule has 0 aromatic heterocycles. The molecule has 3 aliphatic rings. The molecule has 5 rings (SSSR count). The third kappa shape index (κ3) is 2.88. The summed E-state index contributed by atoms with van der Waals surface area (Å²) in [4.78, 5) is 2.10. The lowest BCUT2D eigenvalue weighted by molar-refractivity contribution is -0.140. The standard InChI is InChI=1S/C21H21F4N3O/c22-19-13(2-1-3-16(19)21(23,24)25)18-10-29-9-11-6-12(26)7-14-15-8-27-5-4-17(15)28(18)20(11)14/h1-3,6-7,15,17-18,27H,4-5,8-10,26H2. The van der Waals surface area contributed by atoms with E-state index < -0.39 is 23.6 Å². The fraction of sp³-hybridized carbons (Fsp3) is 0.429. The van der Waals surface area contributed by atoms with Gasteiger partial charge in [0.25, 0.3) is 0 Å². The van der Waals surface area contributed by atoms with E-state index in [4.69, 9.17) is 10.5 Å². The van der Waals surface area contributed by atoms with Crippen LogP contribution in [0.1, 0.15) is 40.6 Å². The van der Waals surface area contributed by atoms with Crippen LogP contribution in [-0.2, 0) is 17.5 Å². The van der Waals surface area contributed by atoms with E-state index >= 15 is 4.39 Å². The van der Waals surface area contributed by atoms with Gasteiger partial charge in [-0.3, -0.25) is 0 Å². The Kier molecular flexibility index (Phi) is 4.25. The molecule has 0 spiro atoms.